The van der Waals surface area contributed by atoms with Crippen molar-refractivity contribution in [2.24, 2.45) is 0 Å². The largest absolute Gasteiger partial charge is 0.482 e. The second-order valence-electron chi connectivity index (χ2n) is 7.32. The molecule has 1 aliphatic heterocycles. The Kier molecular flexibility index (Phi) is 6.62. The Morgan fingerprint density at radius 1 is 1.25 bits per heavy atom. The first-order valence-corrected chi connectivity index (χ1v) is 11.2. The number of amides is 1. The molecule has 0 aliphatic carbocycles. The van der Waals surface area contributed by atoms with E-state index in [0.717, 1.165) is 16.1 Å². The first kappa shape index (κ1) is 22.1. The second-order valence-corrected chi connectivity index (χ2v) is 8.82. The summed E-state index contributed by atoms with van der Waals surface area (Å²) in [5.74, 6) is -0.740. The number of hydrogen-bond acceptors (Lipinski definition) is 6. The van der Waals surface area contributed by atoms with Gasteiger partial charge in [0.15, 0.2) is 6.61 Å². The monoisotopic (exact) mass is 472 g/mol. The minimum atomic E-state index is -1.09. The van der Waals surface area contributed by atoms with Crippen molar-refractivity contribution in [2.45, 2.75) is 26.0 Å². The van der Waals surface area contributed by atoms with Crippen LogP contribution in [-0.4, -0.2) is 40.2 Å². The molecule has 4 rings (SSSR count). The van der Waals surface area contributed by atoms with Crippen LogP contribution in [0.1, 0.15) is 33.4 Å². The molecule has 2 aromatic carbocycles. The Morgan fingerprint density at radius 2 is 2.06 bits per heavy atom. The molecule has 0 spiro atoms. The van der Waals surface area contributed by atoms with Gasteiger partial charge in [0.05, 0.1) is 16.7 Å². The van der Waals surface area contributed by atoms with Gasteiger partial charge in [0.2, 0.25) is 0 Å². The van der Waals surface area contributed by atoms with Gasteiger partial charge in [-0.15, -0.1) is 11.3 Å². The highest BCUT2D eigenvalue weighted by molar-refractivity contribution is 7.09. The molecule has 32 heavy (non-hydrogen) atoms. The molecule has 7 nitrogen and oxygen atoms in total. The lowest BCUT2D eigenvalue weighted by molar-refractivity contribution is -0.139. The quantitative estimate of drug-likeness (QED) is 0.551. The minimum Gasteiger partial charge on any atom is -0.482 e. The van der Waals surface area contributed by atoms with Crippen LogP contribution < -0.4 is 4.74 Å². The second kappa shape index (κ2) is 9.58. The van der Waals surface area contributed by atoms with Crippen molar-refractivity contribution in [1.29, 1.82) is 0 Å². The summed E-state index contributed by atoms with van der Waals surface area (Å²) in [6.07, 6.45) is 0.183. The van der Waals surface area contributed by atoms with E-state index in [1.807, 2.05) is 36.6 Å². The summed E-state index contributed by atoms with van der Waals surface area (Å²) in [4.78, 5) is 30.2. The maximum Gasteiger partial charge on any atom is 0.410 e. The van der Waals surface area contributed by atoms with Gasteiger partial charge in [-0.1, -0.05) is 35.9 Å². The molecule has 0 saturated carbocycles. The van der Waals surface area contributed by atoms with E-state index in [9.17, 15) is 9.59 Å². The van der Waals surface area contributed by atoms with Crippen LogP contribution in [-0.2, 0) is 22.6 Å². The third-order valence-electron chi connectivity index (χ3n) is 5.15. The van der Waals surface area contributed by atoms with Gasteiger partial charge in [-0.3, -0.25) is 4.90 Å². The van der Waals surface area contributed by atoms with E-state index >= 15 is 0 Å². The van der Waals surface area contributed by atoms with E-state index < -0.39 is 24.7 Å². The van der Waals surface area contributed by atoms with E-state index in [4.69, 9.17) is 26.2 Å². The van der Waals surface area contributed by atoms with Crippen LogP contribution in [0.5, 0.6) is 5.75 Å². The van der Waals surface area contributed by atoms with E-state index in [1.54, 1.807) is 23.1 Å². The summed E-state index contributed by atoms with van der Waals surface area (Å²) in [5, 5.41) is 12.3. The summed E-state index contributed by atoms with van der Waals surface area (Å²) in [7, 11) is 0. The number of rotatable bonds is 6. The van der Waals surface area contributed by atoms with E-state index in [2.05, 4.69) is 4.98 Å². The van der Waals surface area contributed by atoms with Gasteiger partial charge in [0.1, 0.15) is 12.4 Å². The van der Waals surface area contributed by atoms with Crippen LogP contribution in [0.2, 0.25) is 5.02 Å². The molecule has 1 aromatic heterocycles. The first-order valence-electron chi connectivity index (χ1n) is 9.98. The zero-order valence-electron chi connectivity index (χ0n) is 17.3. The van der Waals surface area contributed by atoms with Crippen LogP contribution in [0.25, 0.3) is 0 Å². The van der Waals surface area contributed by atoms with Gasteiger partial charge < -0.3 is 14.6 Å². The van der Waals surface area contributed by atoms with Crippen LogP contribution >= 0.6 is 22.9 Å². The Balaban J connectivity index is 1.69. The summed E-state index contributed by atoms with van der Waals surface area (Å²) < 4.78 is 11.1. The average Bonchev–Trinajstić information content (AvgIpc) is 3.20. The van der Waals surface area contributed by atoms with Gasteiger partial charge in [-0.25, -0.2) is 14.6 Å². The molecule has 0 unspecified atom stereocenters. The number of carbonyl (C=O) groups is 2. The molecule has 1 amide bonds. The maximum absolute atomic E-state index is 13.1. The number of nitrogens with zero attached hydrogens (tertiary/aromatic N) is 2. The van der Waals surface area contributed by atoms with Gasteiger partial charge >= 0.3 is 12.1 Å². The van der Waals surface area contributed by atoms with Crippen molar-refractivity contribution in [1.82, 2.24) is 9.88 Å². The van der Waals surface area contributed by atoms with Gasteiger partial charge in [-0.05, 0) is 42.7 Å². The molecule has 1 aliphatic rings. The maximum atomic E-state index is 13.1. The SMILES string of the molecule is Cc1nc(COC(=O)N2CCc3ccccc3[C@H]2c2cc(Cl)ccc2OCC(=O)O)cs1. The fourth-order valence-corrected chi connectivity index (χ4v) is 4.57. The summed E-state index contributed by atoms with van der Waals surface area (Å²) >= 11 is 7.78. The Hall–Kier alpha value is -3.10. The first-order chi connectivity index (χ1) is 15.4. The molecule has 9 heteroatoms. The Morgan fingerprint density at radius 3 is 2.81 bits per heavy atom. The number of carbonyl (C=O) groups excluding carboxylic acids is 1. The molecular formula is C23H21ClN2O5S. The van der Waals surface area contributed by atoms with Crippen molar-refractivity contribution >= 4 is 35.0 Å². The topological polar surface area (TPSA) is 89.0 Å². The summed E-state index contributed by atoms with van der Waals surface area (Å²) in [6, 6.07) is 12.2. The number of fused-ring (bicyclic) bond motifs is 1. The number of aliphatic carboxylic acids is 1. The third kappa shape index (κ3) is 4.87. The minimum absolute atomic E-state index is 0.0754. The number of ether oxygens (including phenoxy) is 2. The number of benzene rings is 2. The molecule has 0 bridgehead atoms. The van der Waals surface area contributed by atoms with E-state index in [1.165, 1.54) is 11.3 Å². The highest BCUT2D eigenvalue weighted by Gasteiger charge is 2.35. The predicted octanol–water partition coefficient (Wildman–Crippen LogP) is 4.85. The molecule has 3 aromatic rings. The molecule has 0 radical (unpaired) electrons. The van der Waals surface area contributed by atoms with Crippen molar-refractivity contribution in [2.75, 3.05) is 13.2 Å². The number of aromatic nitrogens is 1. The number of hydrogen-bond donors (Lipinski definition) is 1. The summed E-state index contributed by atoms with van der Waals surface area (Å²) in [5.41, 5.74) is 3.32. The standard InChI is InChI=1S/C23H21ClN2O5S/c1-14-25-17(13-32-14)11-31-23(29)26-9-8-15-4-2-3-5-18(15)22(26)19-10-16(24)6-7-20(19)30-12-21(27)28/h2-7,10,13,22H,8-9,11-12H2,1H3,(H,27,28)/t22-/m0/s1. The molecule has 2 heterocycles. The van der Waals surface area contributed by atoms with Crippen LogP contribution in [0.15, 0.2) is 47.8 Å². The third-order valence-corrected chi connectivity index (χ3v) is 6.20. The van der Waals surface area contributed by atoms with Crippen molar-refractivity contribution in [3.05, 3.63) is 80.3 Å². The number of carboxylic acids is 1. The Bertz CT molecular complexity index is 1150. The lowest BCUT2D eigenvalue weighted by atomic mass is 9.88. The average molecular weight is 473 g/mol. The smallest absolute Gasteiger partial charge is 0.410 e. The van der Waals surface area contributed by atoms with E-state index in [0.29, 0.717) is 35.0 Å². The normalized spacial score (nSPS) is 15.2. The van der Waals surface area contributed by atoms with Gasteiger partial charge in [-0.2, -0.15) is 0 Å². The van der Waals surface area contributed by atoms with E-state index in [-0.39, 0.29) is 6.61 Å². The zero-order chi connectivity index (χ0) is 22.7. The highest BCUT2D eigenvalue weighted by atomic mass is 35.5. The lowest BCUT2D eigenvalue weighted by Crippen LogP contribution is -2.41. The van der Waals surface area contributed by atoms with Crippen molar-refractivity contribution in [3.63, 3.8) is 0 Å². The fourth-order valence-electron chi connectivity index (χ4n) is 3.80. The van der Waals surface area contributed by atoms with Crippen LogP contribution in [0, 0.1) is 6.92 Å². The molecule has 0 saturated heterocycles. The lowest BCUT2D eigenvalue weighted by Gasteiger charge is -2.37. The number of carboxylic acid groups (broad SMARTS) is 1. The number of aryl methyl sites for hydroxylation is 1. The predicted molar refractivity (Wildman–Crippen MR) is 120 cm³/mol. The molecule has 0 fully saturated rings. The molecular weight excluding hydrogens is 452 g/mol. The zero-order valence-corrected chi connectivity index (χ0v) is 18.9. The van der Waals surface area contributed by atoms with Crippen molar-refractivity contribution in [3.8, 4) is 5.75 Å². The molecule has 1 N–H and O–H groups in total. The van der Waals surface area contributed by atoms with Gasteiger partial charge in [0, 0.05) is 22.5 Å². The Labute approximate surface area is 194 Å². The number of thiazole rings is 1. The summed E-state index contributed by atoms with van der Waals surface area (Å²) in [6.45, 7) is 1.90. The van der Waals surface area contributed by atoms with Crippen LogP contribution in [0.4, 0.5) is 4.79 Å². The van der Waals surface area contributed by atoms with Crippen molar-refractivity contribution < 1.29 is 24.2 Å². The number of halogens is 1. The fraction of sp³-hybridized carbons (Fsp3) is 0.261. The molecule has 1 atom stereocenters. The van der Waals surface area contributed by atoms with Gasteiger partial charge in [0.25, 0.3) is 0 Å². The highest BCUT2D eigenvalue weighted by Crippen LogP contribution is 2.40. The molecule has 166 valence electrons. The van der Waals surface area contributed by atoms with Crippen LogP contribution in [0.3, 0.4) is 0 Å².